The van der Waals surface area contributed by atoms with Crippen molar-refractivity contribution in [1.82, 2.24) is 15.1 Å². The number of urea groups is 1. The fourth-order valence-electron chi connectivity index (χ4n) is 1.10. The number of aromatic nitrogens is 2. The molecule has 0 aliphatic carbocycles. The predicted octanol–water partition coefficient (Wildman–Crippen LogP) is 0.0552. The first kappa shape index (κ1) is 6.21. The van der Waals surface area contributed by atoms with Gasteiger partial charge < -0.3 is 10.6 Å². The van der Waals surface area contributed by atoms with E-state index in [9.17, 15) is 4.79 Å². The Morgan fingerprint density at radius 1 is 1.73 bits per heavy atom. The normalized spacial score (nSPS) is 15.2. The van der Waals surface area contributed by atoms with Crippen molar-refractivity contribution in [2.24, 2.45) is 7.05 Å². The van der Waals surface area contributed by atoms with Gasteiger partial charge in [-0.1, -0.05) is 0 Å². The lowest BCUT2D eigenvalue weighted by molar-refractivity contribution is 0.250. The standard InChI is InChI=1S/C6H8N4O/c1-10-3-5-4(9-10)2-7-6(11)8-5/h3H,2H2,1H3,(H2,7,8,11). The second-order valence-corrected chi connectivity index (χ2v) is 2.47. The van der Waals surface area contributed by atoms with Crippen LogP contribution in [0.3, 0.4) is 0 Å². The van der Waals surface area contributed by atoms with Crippen LogP contribution in [0, 0.1) is 0 Å². The van der Waals surface area contributed by atoms with Gasteiger partial charge in [0.1, 0.15) is 5.69 Å². The van der Waals surface area contributed by atoms with E-state index in [1.165, 1.54) is 0 Å². The third-order valence-corrected chi connectivity index (χ3v) is 1.57. The van der Waals surface area contributed by atoms with Crippen molar-refractivity contribution < 1.29 is 4.79 Å². The maximum Gasteiger partial charge on any atom is 0.319 e. The zero-order chi connectivity index (χ0) is 7.84. The molecule has 0 spiro atoms. The summed E-state index contributed by atoms with van der Waals surface area (Å²) in [6.07, 6.45) is 1.79. The Balaban J connectivity index is 2.41. The maximum absolute atomic E-state index is 10.8. The van der Waals surface area contributed by atoms with E-state index in [4.69, 9.17) is 0 Å². The molecule has 58 valence electrons. The Kier molecular flexibility index (Phi) is 1.12. The number of hydrogen-bond acceptors (Lipinski definition) is 2. The molecule has 0 saturated heterocycles. The Labute approximate surface area is 63.4 Å². The summed E-state index contributed by atoms with van der Waals surface area (Å²) >= 11 is 0. The van der Waals surface area contributed by atoms with Crippen LogP contribution >= 0.6 is 0 Å². The van der Waals surface area contributed by atoms with Crippen molar-refractivity contribution in [3.63, 3.8) is 0 Å². The molecule has 0 radical (unpaired) electrons. The minimum absolute atomic E-state index is 0.162. The molecule has 2 rings (SSSR count). The lowest BCUT2D eigenvalue weighted by Gasteiger charge is -2.11. The highest BCUT2D eigenvalue weighted by molar-refractivity contribution is 5.91. The van der Waals surface area contributed by atoms with Gasteiger partial charge >= 0.3 is 6.03 Å². The van der Waals surface area contributed by atoms with E-state index in [1.54, 1.807) is 10.9 Å². The number of amides is 2. The van der Waals surface area contributed by atoms with Gasteiger partial charge in [0.05, 0.1) is 12.2 Å². The van der Waals surface area contributed by atoms with Crippen LogP contribution in [0.1, 0.15) is 5.69 Å². The van der Waals surface area contributed by atoms with Crippen LogP contribution in [0.4, 0.5) is 10.5 Å². The Bertz CT molecular complexity index is 304. The smallest absolute Gasteiger partial charge is 0.319 e. The predicted molar refractivity (Wildman–Crippen MR) is 39.1 cm³/mol. The monoisotopic (exact) mass is 152 g/mol. The highest BCUT2D eigenvalue weighted by Crippen LogP contribution is 2.15. The van der Waals surface area contributed by atoms with Gasteiger partial charge in [-0.15, -0.1) is 0 Å². The van der Waals surface area contributed by atoms with Crippen LogP contribution in [0.25, 0.3) is 0 Å². The lowest BCUT2D eigenvalue weighted by atomic mass is 10.3. The number of nitrogens with zero attached hydrogens (tertiary/aromatic N) is 2. The van der Waals surface area contributed by atoms with E-state index in [1.807, 2.05) is 7.05 Å². The first-order chi connectivity index (χ1) is 5.25. The van der Waals surface area contributed by atoms with Gasteiger partial charge in [-0.25, -0.2) is 4.79 Å². The summed E-state index contributed by atoms with van der Waals surface area (Å²) in [6.45, 7) is 0.516. The van der Waals surface area contributed by atoms with Crippen LogP contribution < -0.4 is 10.6 Å². The Morgan fingerprint density at radius 3 is 3.36 bits per heavy atom. The van der Waals surface area contributed by atoms with Gasteiger partial charge in [-0.05, 0) is 0 Å². The van der Waals surface area contributed by atoms with Gasteiger partial charge in [0.15, 0.2) is 0 Å². The summed E-state index contributed by atoms with van der Waals surface area (Å²) in [4.78, 5) is 10.8. The van der Waals surface area contributed by atoms with E-state index in [2.05, 4.69) is 15.7 Å². The van der Waals surface area contributed by atoms with E-state index < -0.39 is 0 Å². The number of carbonyl (C=O) groups is 1. The fraction of sp³-hybridized carbons (Fsp3) is 0.333. The summed E-state index contributed by atoms with van der Waals surface area (Å²) < 4.78 is 1.68. The van der Waals surface area contributed by atoms with E-state index in [-0.39, 0.29) is 6.03 Å². The maximum atomic E-state index is 10.8. The number of anilines is 1. The largest absolute Gasteiger partial charge is 0.332 e. The average molecular weight is 152 g/mol. The summed E-state index contributed by atoms with van der Waals surface area (Å²) in [5, 5.41) is 9.40. The zero-order valence-corrected chi connectivity index (χ0v) is 6.09. The molecule has 1 aromatic rings. The van der Waals surface area contributed by atoms with Gasteiger partial charge in [0.25, 0.3) is 0 Å². The molecule has 2 N–H and O–H groups in total. The molecular formula is C6H8N4O. The Hall–Kier alpha value is -1.52. The number of fused-ring (bicyclic) bond motifs is 1. The highest BCUT2D eigenvalue weighted by atomic mass is 16.2. The SMILES string of the molecule is Cn1cc2c(n1)CNC(=O)N2. The van der Waals surface area contributed by atoms with E-state index in [0.717, 1.165) is 11.4 Å². The van der Waals surface area contributed by atoms with Crippen molar-refractivity contribution in [3.8, 4) is 0 Å². The molecule has 0 fully saturated rings. The second kappa shape index (κ2) is 1.98. The fourth-order valence-corrected chi connectivity index (χ4v) is 1.10. The third kappa shape index (κ3) is 0.938. The third-order valence-electron chi connectivity index (χ3n) is 1.57. The van der Waals surface area contributed by atoms with Crippen molar-refractivity contribution in [2.75, 3.05) is 5.32 Å². The van der Waals surface area contributed by atoms with Gasteiger partial charge in [0.2, 0.25) is 0 Å². The number of nitrogens with one attached hydrogen (secondary N) is 2. The van der Waals surface area contributed by atoms with E-state index >= 15 is 0 Å². The van der Waals surface area contributed by atoms with Crippen molar-refractivity contribution in [2.45, 2.75) is 6.54 Å². The number of rotatable bonds is 0. The van der Waals surface area contributed by atoms with Gasteiger partial charge in [-0.3, -0.25) is 4.68 Å². The minimum atomic E-state index is -0.162. The molecule has 0 saturated carbocycles. The molecule has 5 heteroatoms. The van der Waals surface area contributed by atoms with Crippen molar-refractivity contribution in [3.05, 3.63) is 11.9 Å². The molecule has 11 heavy (non-hydrogen) atoms. The second-order valence-electron chi connectivity index (χ2n) is 2.47. The van der Waals surface area contributed by atoms with Crippen LogP contribution in [0.5, 0.6) is 0 Å². The molecule has 0 bridgehead atoms. The summed E-state index contributed by atoms with van der Waals surface area (Å²) in [5.74, 6) is 0. The first-order valence-electron chi connectivity index (χ1n) is 3.33. The molecule has 2 amide bonds. The molecule has 2 heterocycles. The van der Waals surface area contributed by atoms with Gasteiger partial charge in [0, 0.05) is 13.2 Å². The first-order valence-corrected chi connectivity index (χ1v) is 3.33. The van der Waals surface area contributed by atoms with E-state index in [0.29, 0.717) is 6.54 Å². The molecule has 1 aromatic heterocycles. The van der Waals surface area contributed by atoms with Crippen LogP contribution in [0.2, 0.25) is 0 Å². The highest BCUT2D eigenvalue weighted by Gasteiger charge is 2.15. The van der Waals surface area contributed by atoms with Crippen LogP contribution in [-0.4, -0.2) is 15.8 Å². The summed E-state index contributed by atoms with van der Waals surface area (Å²) in [7, 11) is 1.82. The van der Waals surface area contributed by atoms with Crippen molar-refractivity contribution in [1.29, 1.82) is 0 Å². The quantitative estimate of drug-likeness (QED) is 0.552. The molecular weight excluding hydrogens is 144 g/mol. The molecule has 0 atom stereocenters. The summed E-state index contributed by atoms with van der Waals surface area (Å²) in [5.41, 5.74) is 1.68. The zero-order valence-electron chi connectivity index (χ0n) is 6.09. The molecule has 1 aliphatic rings. The Morgan fingerprint density at radius 2 is 2.55 bits per heavy atom. The topological polar surface area (TPSA) is 59.0 Å². The lowest BCUT2D eigenvalue weighted by Crippen LogP contribution is -2.32. The average Bonchev–Trinajstić information content (AvgIpc) is 2.27. The van der Waals surface area contributed by atoms with Crippen LogP contribution in [0.15, 0.2) is 6.20 Å². The number of carbonyl (C=O) groups excluding carboxylic acids is 1. The molecule has 0 aromatic carbocycles. The van der Waals surface area contributed by atoms with Gasteiger partial charge in [-0.2, -0.15) is 5.10 Å². The van der Waals surface area contributed by atoms with Crippen LogP contribution in [-0.2, 0) is 13.6 Å². The molecule has 0 unspecified atom stereocenters. The minimum Gasteiger partial charge on any atom is -0.332 e. The van der Waals surface area contributed by atoms with Crippen molar-refractivity contribution >= 4 is 11.7 Å². The molecule has 1 aliphatic heterocycles. The number of hydrogen-bond donors (Lipinski definition) is 2. The summed E-state index contributed by atoms with van der Waals surface area (Å²) in [6, 6.07) is -0.162. The molecule has 5 nitrogen and oxygen atoms in total. The number of aryl methyl sites for hydroxylation is 1.